The molecule has 0 radical (unpaired) electrons. The molecule has 0 bridgehead atoms. The maximum absolute atomic E-state index is 11.9. The van der Waals surface area contributed by atoms with Crippen LogP contribution in [0.15, 0.2) is 28.5 Å². The van der Waals surface area contributed by atoms with E-state index < -0.39 is 0 Å². The summed E-state index contributed by atoms with van der Waals surface area (Å²) >= 11 is 0. The van der Waals surface area contributed by atoms with Crippen molar-refractivity contribution in [2.24, 2.45) is 10.3 Å². The van der Waals surface area contributed by atoms with E-state index in [1.807, 2.05) is 13.0 Å². The molecule has 0 N–H and O–H groups in total. The summed E-state index contributed by atoms with van der Waals surface area (Å²) in [5, 5.41) is 9.66. The molecule has 0 amide bonds. The SMILES string of the molecule is CCCCCOC(=O)c1ccc(C)c(N=NN(C)C)c1. The third kappa shape index (κ3) is 5.38. The van der Waals surface area contributed by atoms with Gasteiger partial charge in [0.05, 0.1) is 17.9 Å². The van der Waals surface area contributed by atoms with Crippen molar-refractivity contribution in [2.75, 3.05) is 20.7 Å². The van der Waals surface area contributed by atoms with E-state index in [4.69, 9.17) is 4.74 Å². The Bertz CT molecular complexity index is 470. The molecule has 0 saturated heterocycles. The van der Waals surface area contributed by atoms with Gasteiger partial charge in [-0.2, -0.15) is 0 Å². The van der Waals surface area contributed by atoms with Gasteiger partial charge in [-0.1, -0.05) is 31.1 Å². The topological polar surface area (TPSA) is 54.3 Å². The maximum atomic E-state index is 11.9. The van der Waals surface area contributed by atoms with Crippen LogP contribution in [0.25, 0.3) is 0 Å². The molecule has 1 aromatic rings. The summed E-state index contributed by atoms with van der Waals surface area (Å²) in [5.41, 5.74) is 2.17. The first kappa shape index (κ1) is 16.1. The van der Waals surface area contributed by atoms with Crippen LogP contribution in [0, 0.1) is 6.92 Å². The quantitative estimate of drug-likeness (QED) is 0.329. The van der Waals surface area contributed by atoms with E-state index >= 15 is 0 Å². The number of nitrogens with zero attached hydrogens (tertiary/aromatic N) is 3. The summed E-state index contributed by atoms with van der Waals surface area (Å²) in [6, 6.07) is 5.32. The van der Waals surface area contributed by atoms with Gasteiger partial charge in [-0.3, -0.25) is 5.01 Å². The number of unbranched alkanes of at least 4 members (excludes halogenated alkanes) is 2. The fraction of sp³-hybridized carbons (Fsp3) is 0.533. The lowest BCUT2D eigenvalue weighted by molar-refractivity contribution is 0.0498. The van der Waals surface area contributed by atoms with Crippen molar-refractivity contribution in [2.45, 2.75) is 33.1 Å². The summed E-state index contributed by atoms with van der Waals surface area (Å²) in [7, 11) is 3.59. The highest BCUT2D eigenvalue weighted by atomic mass is 16.5. The van der Waals surface area contributed by atoms with Crippen LogP contribution in [0.2, 0.25) is 0 Å². The lowest BCUT2D eigenvalue weighted by atomic mass is 10.1. The fourth-order valence-electron chi connectivity index (χ4n) is 1.58. The predicted molar refractivity (Wildman–Crippen MR) is 79.2 cm³/mol. The van der Waals surface area contributed by atoms with Gasteiger partial charge in [-0.15, -0.1) is 5.11 Å². The lowest BCUT2D eigenvalue weighted by Gasteiger charge is -2.07. The second-order valence-corrected chi connectivity index (χ2v) is 4.88. The Hall–Kier alpha value is -1.91. The Balaban J connectivity index is 2.71. The van der Waals surface area contributed by atoms with Crippen molar-refractivity contribution in [1.82, 2.24) is 5.01 Å². The van der Waals surface area contributed by atoms with E-state index in [9.17, 15) is 4.79 Å². The van der Waals surface area contributed by atoms with Crippen LogP contribution >= 0.6 is 0 Å². The molecule has 0 aliphatic rings. The van der Waals surface area contributed by atoms with Crippen LogP contribution in [-0.2, 0) is 4.74 Å². The highest BCUT2D eigenvalue weighted by Gasteiger charge is 2.09. The fourth-order valence-corrected chi connectivity index (χ4v) is 1.58. The van der Waals surface area contributed by atoms with Gasteiger partial charge in [0, 0.05) is 14.1 Å². The number of carbonyl (C=O) groups excluding carboxylic acids is 1. The highest BCUT2D eigenvalue weighted by molar-refractivity contribution is 5.90. The molecule has 0 saturated carbocycles. The van der Waals surface area contributed by atoms with Crippen molar-refractivity contribution in [3.63, 3.8) is 0 Å². The number of aryl methyl sites for hydroxylation is 1. The molecule has 0 atom stereocenters. The van der Waals surface area contributed by atoms with Gasteiger partial charge in [0.2, 0.25) is 0 Å². The monoisotopic (exact) mass is 277 g/mol. The van der Waals surface area contributed by atoms with E-state index in [1.165, 1.54) is 0 Å². The first-order valence-corrected chi connectivity index (χ1v) is 6.91. The molecule has 0 unspecified atom stereocenters. The zero-order valence-corrected chi connectivity index (χ0v) is 12.7. The average molecular weight is 277 g/mol. The van der Waals surface area contributed by atoms with E-state index in [1.54, 1.807) is 31.2 Å². The second-order valence-electron chi connectivity index (χ2n) is 4.88. The summed E-state index contributed by atoms with van der Waals surface area (Å²) in [5.74, 6) is -0.303. The largest absolute Gasteiger partial charge is 0.462 e. The minimum absolute atomic E-state index is 0.303. The molecule has 0 heterocycles. The molecular formula is C15H23N3O2. The second kappa shape index (κ2) is 8.30. The third-order valence-electron chi connectivity index (χ3n) is 2.76. The summed E-state index contributed by atoms with van der Waals surface area (Å²) < 4.78 is 5.23. The van der Waals surface area contributed by atoms with Crippen LogP contribution in [-0.4, -0.2) is 31.7 Å². The van der Waals surface area contributed by atoms with Gasteiger partial charge in [-0.25, -0.2) is 4.79 Å². The normalized spacial score (nSPS) is 10.8. The Morgan fingerprint density at radius 2 is 2.05 bits per heavy atom. The Morgan fingerprint density at radius 3 is 2.70 bits per heavy atom. The molecule has 0 aliphatic carbocycles. The van der Waals surface area contributed by atoms with Crippen molar-refractivity contribution < 1.29 is 9.53 Å². The van der Waals surface area contributed by atoms with Gasteiger partial charge >= 0.3 is 5.97 Å². The standard InChI is InChI=1S/C15H23N3O2/c1-5-6-7-10-20-15(19)13-9-8-12(2)14(11-13)16-17-18(3)4/h8-9,11H,5-7,10H2,1-4H3. The van der Waals surface area contributed by atoms with E-state index in [0.717, 1.165) is 24.8 Å². The van der Waals surface area contributed by atoms with Crippen molar-refractivity contribution in [3.05, 3.63) is 29.3 Å². The van der Waals surface area contributed by atoms with Crippen LogP contribution < -0.4 is 0 Å². The third-order valence-corrected chi connectivity index (χ3v) is 2.76. The molecule has 0 fully saturated rings. The summed E-state index contributed by atoms with van der Waals surface area (Å²) in [6.45, 7) is 4.51. The predicted octanol–water partition coefficient (Wildman–Crippen LogP) is 3.90. The average Bonchev–Trinajstić information content (AvgIpc) is 2.42. The first-order valence-electron chi connectivity index (χ1n) is 6.91. The highest BCUT2D eigenvalue weighted by Crippen LogP contribution is 2.21. The lowest BCUT2D eigenvalue weighted by Crippen LogP contribution is -2.06. The minimum atomic E-state index is -0.303. The van der Waals surface area contributed by atoms with Crippen LogP contribution in [0.5, 0.6) is 0 Å². The number of esters is 1. The smallest absolute Gasteiger partial charge is 0.338 e. The Labute approximate surface area is 120 Å². The Kier molecular flexibility index (Phi) is 6.70. The summed E-state index contributed by atoms with van der Waals surface area (Å²) in [4.78, 5) is 11.9. The zero-order chi connectivity index (χ0) is 15.0. The van der Waals surface area contributed by atoms with Crippen molar-refractivity contribution in [3.8, 4) is 0 Å². The molecule has 0 spiro atoms. The van der Waals surface area contributed by atoms with Gasteiger partial charge in [-0.05, 0) is 31.0 Å². The van der Waals surface area contributed by atoms with Crippen molar-refractivity contribution >= 4 is 11.7 Å². The van der Waals surface area contributed by atoms with Gasteiger partial charge in [0.25, 0.3) is 0 Å². The number of hydrogen-bond acceptors (Lipinski definition) is 4. The number of benzene rings is 1. The Morgan fingerprint density at radius 1 is 1.30 bits per heavy atom. The molecule has 0 aliphatic heterocycles. The first-order chi connectivity index (χ1) is 9.54. The van der Waals surface area contributed by atoms with E-state index in [-0.39, 0.29) is 5.97 Å². The number of hydrogen-bond donors (Lipinski definition) is 0. The van der Waals surface area contributed by atoms with Gasteiger partial charge in [0.15, 0.2) is 0 Å². The minimum Gasteiger partial charge on any atom is -0.462 e. The molecule has 0 aromatic heterocycles. The van der Waals surface area contributed by atoms with Crippen LogP contribution in [0.4, 0.5) is 5.69 Å². The van der Waals surface area contributed by atoms with Crippen LogP contribution in [0.1, 0.15) is 42.1 Å². The van der Waals surface area contributed by atoms with Crippen LogP contribution in [0.3, 0.4) is 0 Å². The van der Waals surface area contributed by atoms with E-state index in [2.05, 4.69) is 17.3 Å². The number of carbonyl (C=O) groups is 1. The zero-order valence-electron chi connectivity index (χ0n) is 12.7. The maximum Gasteiger partial charge on any atom is 0.338 e. The molecular weight excluding hydrogens is 254 g/mol. The molecule has 20 heavy (non-hydrogen) atoms. The molecule has 1 aromatic carbocycles. The molecule has 5 heteroatoms. The number of ether oxygens (including phenoxy) is 1. The van der Waals surface area contributed by atoms with E-state index in [0.29, 0.717) is 17.9 Å². The van der Waals surface area contributed by atoms with Crippen molar-refractivity contribution in [1.29, 1.82) is 0 Å². The molecule has 1 rings (SSSR count). The summed E-state index contributed by atoms with van der Waals surface area (Å²) in [6.07, 6.45) is 3.09. The van der Waals surface area contributed by atoms with Gasteiger partial charge < -0.3 is 4.74 Å². The number of rotatable bonds is 7. The van der Waals surface area contributed by atoms with Gasteiger partial charge in [0.1, 0.15) is 0 Å². The molecule has 5 nitrogen and oxygen atoms in total. The molecule has 110 valence electrons.